The van der Waals surface area contributed by atoms with Crippen molar-refractivity contribution < 1.29 is 19.1 Å². The van der Waals surface area contributed by atoms with Crippen molar-refractivity contribution in [3.8, 4) is 0 Å². The van der Waals surface area contributed by atoms with E-state index in [0.29, 0.717) is 10.3 Å². The van der Waals surface area contributed by atoms with Crippen LogP contribution in [-0.2, 0) is 4.74 Å². The highest BCUT2D eigenvalue weighted by Gasteiger charge is 2.23. The van der Waals surface area contributed by atoms with E-state index in [9.17, 15) is 14.8 Å². The van der Waals surface area contributed by atoms with E-state index in [1.54, 1.807) is 6.20 Å². The Labute approximate surface area is 131 Å². The molecule has 3 aromatic rings. The molecule has 0 radical (unpaired) electrons. The van der Waals surface area contributed by atoms with E-state index < -0.39 is 12.1 Å². The third kappa shape index (κ3) is 2.91. The van der Waals surface area contributed by atoms with Crippen LogP contribution < -0.4 is 4.73 Å². The van der Waals surface area contributed by atoms with Crippen molar-refractivity contribution in [2.24, 2.45) is 0 Å². The fourth-order valence-corrected chi connectivity index (χ4v) is 2.33. The second kappa shape index (κ2) is 5.92. The number of nitrogens with zero attached hydrogens (tertiary/aromatic N) is 1. The van der Waals surface area contributed by atoms with Gasteiger partial charge in [0.2, 0.25) is 5.78 Å². The molecule has 0 saturated heterocycles. The summed E-state index contributed by atoms with van der Waals surface area (Å²) in [6.07, 6.45) is 3.08. The van der Waals surface area contributed by atoms with Crippen LogP contribution in [0.2, 0.25) is 0 Å². The predicted molar refractivity (Wildman–Crippen MR) is 82.9 cm³/mol. The maximum absolute atomic E-state index is 12.5. The molecule has 0 amide bonds. The van der Waals surface area contributed by atoms with Crippen LogP contribution in [-0.4, -0.2) is 22.8 Å². The van der Waals surface area contributed by atoms with Gasteiger partial charge in [0.25, 0.3) is 0 Å². The Balaban J connectivity index is 1.77. The van der Waals surface area contributed by atoms with E-state index in [2.05, 4.69) is 4.98 Å². The first-order valence-electron chi connectivity index (χ1n) is 7.06. The standard InChI is InChI=1S/C17H14N2O4/c1-11(23-17(21)12-6-8-19(22)9-7-12)16(20)14-10-18-15-5-3-2-4-13(14)15/h2-11,18H,1H3/t11-/m1/s1. The lowest BCUT2D eigenvalue weighted by molar-refractivity contribution is -0.605. The SMILES string of the molecule is C[C@@H](OC(=O)c1cc[n+]([O-])cc1)C(=O)c1c[nH]c2ccccc12. The highest BCUT2D eigenvalue weighted by atomic mass is 16.5. The van der Waals surface area contributed by atoms with Gasteiger partial charge < -0.3 is 14.9 Å². The lowest BCUT2D eigenvalue weighted by atomic mass is 10.1. The molecule has 0 spiro atoms. The number of ketones is 1. The Hall–Kier alpha value is -3.15. The number of aromatic amines is 1. The second-order valence-electron chi connectivity index (χ2n) is 5.11. The van der Waals surface area contributed by atoms with Crippen LogP contribution in [0.25, 0.3) is 10.9 Å². The number of fused-ring (bicyclic) bond motifs is 1. The maximum atomic E-state index is 12.5. The van der Waals surface area contributed by atoms with E-state index in [1.165, 1.54) is 31.5 Å². The van der Waals surface area contributed by atoms with Crippen molar-refractivity contribution in [1.29, 1.82) is 0 Å². The maximum Gasteiger partial charge on any atom is 0.339 e. The molecule has 0 saturated carbocycles. The van der Waals surface area contributed by atoms with E-state index in [-0.39, 0.29) is 11.3 Å². The van der Waals surface area contributed by atoms with Crippen molar-refractivity contribution in [3.63, 3.8) is 0 Å². The number of benzene rings is 1. The summed E-state index contributed by atoms with van der Waals surface area (Å²) in [4.78, 5) is 27.5. The number of hydrogen-bond acceptors (Lipinski definition) is 4. The van der Waals surface area contributed by atoms with Gasteiger partial charge in [0.1, 0.15) is 0 Å². The minimum Gasteiger partial charge on any atom is -0.619 e. The van der Waals surface area contributed by atoms with Crippen molar-refractivity contribution in [2.75, 3.05) is 0 Å². The highest BCUT2D eigenvalue weighted by Crippen LogP contribution is 2.20. The normalized spacial score (nSPS) is 12.0. The van der Waals surface area contributed by atoms with Crippen LogP contribution in [0.3, 0.4) is 0 Å². The van der Waals surface area contributed by atoms with Crippen molar-refractivity contribution >= 4 is 22.7 Å². The molecule has 2 heterocycles. The molecule has 2 aromatic heterocycles. The molecular formula is C17H14N2O4. The van der Waals surface area contributed by atoms with Gasteiger partial charge in [0, 0.05) is 34.8 Å². The number of Topliss-reactive ketones (excluding diaryl/α,β-unsaturated/α-hetero) is 1. The summed E-state index contributed by atoms with van der Waals surface area (Å²) in [7, 11) is 0. The van der Waals surface area contributed by atoms with Gasteiger partial charge >= 0.3 is 5.97 Å². The molecule has 0 aliphatic rings. The number of carbonyl (C=O) groups is 2. The summed E-state index contributed by atoms with van der Waals surface area (Å²) in [6.45, 7) is 1.53. The lowest BCUT2D eigenvalue weighted by Gasteiger charge is -2.11. The summed E-state index contributed by atoms with van der Waals surface area (Å²) >= 11 is 0. The number of ether oxygens (including phenoxy) is 1. The number of H-pyrrole nitrogens is 1. The fraction of sp³-hybridized carbons (Fsp3) is 0.118. The van der Waals surface area contributed by atoms with Gasteiger partial charge in [-0.1, -0.05) is 18.2 Å². The van der Waals surface area contributed by atoms with Crippen LogP contribution in [0.15, 0.2) is 55.0 Å². The molecule has 6 nitrogen and oxygen atoms in total. The summed E-state index contributed by atoms with van der Waals surface area (Å²) in [5.41, 5.74) is 1.54. The smallest absolute Gasteiger partial charge is 0.339 e. The van der Waals surface area contributed by atoms with Gasteiger partial charge in [-0.3, -0.25) is 4.79 Å². The number of nitrogens with one attached hydrogen (secondary N) is 1. The molecule has 1 atom stereocenters. The van der Waals surface area contributed by atoms with E-state index >= 15 is 0 Å². The Morgan fingerprint density at radius 2 is 1.87 bits per heavy atom. The summed E-state index contributed by atoms with van der Waals surface area (Å²) in [6, 6.07) is 10.1. The van der Waals surface area contributed by atoms with E-state index in [0.717, 1.165) is 10.9 Å². The fourth-order valence-electron chi connectivity index (χ4n) is 2.33. The molecule has 0 unspecified atom stereocenters. The number of pyridine rings is 1. The number of rotatable bonds is 4. The summed E-state index contributed by atoms with van der Waals surface area (Å²) in [5, 5.41) is 11.7. The minimum absolute atomic E-state index is 0.218. The zero-order valence-corrected chi connectivity index (χ0v) is 12.4. The van der Waals surface area contributed by atoms with Gasteiger partial charge in [0.05, 0.1) is 5.56 Å². The molecule has 6 heteroatoms. The second-order valence-corrected chi connectivity index (χ2v) is 5.11. The number of carbonyl (C=O) groups excluding carboxylic acids is 2. The van der Waals surface area contributed by atoms with Crippen molar-refractivity contribution in [3.05, 3.63) is 71.3 Å². The van der Waals surface area contributed by atoms with Crippen LogP contribution in [0.4, 0.5) is 0 Å². The van der Waals surface area contributed by atoms with Crippen LogP contribution in [0.1, 0.15) is 27.6 Å². The predicted octanol–water partition coefficient (Wildman–Crippen LogP) is 2.23. The van der Waals surface area contributed by atoms with Crippen molar-refractivity contribution in [1.82, 2.24) is 4.98 Å². The Morgan fingerprint density at radius 1 is 1.17 bits per heavy atom. The number of hydrogen-bond donors (Lipinski definition) is 1. The van der Waals surface area contributed by atoms with Gasteiger partial charge in [-0.15, -0.1) is 0 Å². The van der Waals surface area contributed by atoms with Crippen LogP contribution in [0, 0.1) is 5.21 Å². The number of esters is 1. The highest BCUT2D eigenvalue weighted by molar-refractivity contribution is 6.10. The Bertz CT molecular complexity index is 868. The van der Waals surface area contributed by atoms with E-state index in [1.807, 2.05) is 24.3 Å². The quantitative estimate of drug-likeness (QED) is 0.346. The van der Waals surface area contributed by atoms with Gasteiger partial charge in [-0.25, -0.2) is 4.79 Å². The van der Waals surface area contributed by atoms with Gasteiger partial charge in [-0.05, 0) is 13.0 Å². The topological polar surface area (TPSA) is 86.1 Å². The molecule has 0 bridgehead atoms. The largest absolute Gasteiger partial charge is 0.619 e. The first kappa shape index (κ1) is 14.8. The molecule has 0 aliphatic heterocycles. The van der Waals surface area contributed by atoms with Crippen LogP contribution >= 0.6 is 0 Å². The monoisotopic (exact) mass is 310 g/mol. The lowest BCUT2D eigenvalue weighted by Crippen LogP contribution is -2.27. The third-order valence-electron chi connectivity index (χ3n) is 3.55. The summed E-state index contributed by atoms with van der Waals surface area (Å²) in [5.74, 6) is -0.933. The first-order valence-corrected chi connectivity index (χ1v) is 7.06. The average molecular weight is 310 g/mol. The van der Waals surface area contributed by atoms with Gasteiger partial charge in [0.15, 0.2) is 18.5 Å². The van der Waals surface area contributed by atoms with Crippen molar-refractivity contribution in [2.45, 2.75) is 13.0 Å². The van der Waals surface area contributed by atoms with Crippen LogP contribution in [0.5, 0.6) is 0 Å². The molecule has 3 rings (SSSR count). The van der Waals surface area contributed by atoms with Gasteiger partial charge in [-0.2, -0.15) is 4.73 Å². The number of para-hydroxylation sites is 1. The summed E-state index contributed by atoms with van der Waals surface area (Å²) < 4.78 is 5.76. The zero-order valence-electron chi connectivity index (χ0n) is 12.4. The molecule has 0 aliphatic carbocycles. The molecule has 1 N–H and O–H groups in total. The minimum atomic E-state index is -0.929. The first-order chi connectivity index (χ1) is 11.1. The zero-order chi connectivity index (χ0) is 16.4. The molecule has 116 valence electrons. The van der Waals surface area contributed by atoms with E-state index in [4.69, 9.17) is 4.74 Å². The molecule has 23 heavy (non-hydrogen) atoms. The molecular weight excluding hydrogens is 296 g/mol. The third-order valence-corrected chi connectivity index (χ3v) is 3.55. The Morgan fingerprint density at radius 3 is 2.61 bits per heavy atom. The number of aromatic nitrogens is 2. The molecule has 1 aromatic carbocycles. The molecule has 0 fully saturated rings. The Kier molecular flexibility index (Phi) is 3.80. The average Bonchev–Trinajstić information content (AvgIpc) is 2.98.